The molecule has 0 spiro atoms. The number of aryl methyl sites for hydroxylation is 1. The maximum atomic E-state index is 12.8. The third-order valence-electron chi connectivity index (χ3n) is 5.00. The Morgan fingerprint density at radius 1 is 1.00 bits per heavy atom. The van der Waals surface area contributed by atoms with Gasteiger partial charge in [-0.2, -0.15) is 4.37 Å². The number of carbonyl (C=O) groups excluding carboxylic acids is 2. The van der Waals surface area contributed by atoms with Crippen LogP contribution in [0.25, 0.3) is 10.1 Å². The van der Waals surface area contributed by atoms with Gasteiger partial charge >= 0.3 is 6.03 Å². The first-order valence-electron chi connectivity index (χ1n) is 9.34. The van der Waals surface area contributed by atoms with E-state index in [0.717, 1.165) is 15.6 Å². The lowest BCUT2D eigenvalue weighted by Crippen LogP contribution is -2.53. The van der Waals surface area contributed by atoms with Crippen molar-refractivity contribution in [1.82, 2.24) is 19.5 Å². The fraction of sp³-hybridized carbons (Fsp3) is 0.286. The Balaban J connectivity index is 1.32. The van der Waals surface area contributed by atoms with Crippen molar-refractivity contribution in [1.29, 1.82) is 0 Å². The molecule has 2 heterocycles. The van der Waals surface area contributed by atoms with E-state index >= 15 is 0 Å². The molecule has 1 saturated heterocycles. The van der Waals surface area contributed by atoms with Crippen LogP contribution in [-0.4, -0.2) is 52.3 Å². The van der Waals surface area contributed by atoms with Gasteiger partial charge in [-0.05, 0) is 30.1 Å². The molecule has 0 bridgehead atoms. The topological polar surface area (TPSA) is 65.5 Å². The lowest BCUT2D eigenvalue weighted by Gasteiger charge is -2.34. The predicted octanol–water partition coefficient (Wildman–Crippen LogP) is 3.27. The molecule has 1 aromatic heterocycles. The fourth-order valence-corrected chi connectivity index (χ4v) is 4.07. The second-order valence-corrected chi connectivity index (χ2v) is 7.76. The van der Waals surface area contributed by atoms with Gasteiger partial charge in [-0.25, -0.2) is 4.79 Å². The van der Waals surface area contributed by atoms with Gasteiger partial charge in [0, 0.05) is 38.1 Å². The number of fused-ring (bicyclic) bond motifs is 1. The van der Waals surface area contributed by atoms with Crippen molar-refractivity contribution in [3.05, 3.63) is 65.4 Å². The third-order valence-corrected chi connectivity index (χ3v) is 5.83. The van der Waals surface area contributed by atoms with Gasteiger partial charge in [0.1, 0.15) is 5.69 Å². The number of urea groups is 1. The Hall–Kier alpha value is -2.93. The number of benzene rings is 2. The summed E-state index contributed by atoms with van der Waals surface area (Å²) in [6, 6.07) is 15.8. The van der Waals surface area contributed by atoms with Crippen molar-refractivity contribution in [3.8, 4) is 0 Å². The van der Waals surface area contributed by atoms with Crippen molar-refractivity contribution in [3.63, 3.8) is 0 Å². The number of rotatable bonds is 3. The number of nitrogens with one attached hydrogen (secondary N) is 1. The maximum Gasteiger partial charge on any atom is 0.317 e. The number of hydrogen-bond acceptors (Lipinski definition) is 4. The zero-order valence-corrected chi connectivity index (χ0v) is 16.5. The van der Waals surface area contributed by atoms with Crippen LogP contribution < -0.4 is 5.32 Å². The van der Waals surface area contributed by atoms with E-state index in [1.807, 2.05) is 55.5 Å². The first-order valence-corrected chi connectivity index (χ1v) is 10.1. The lowest BCUT2D eigenvalue weighted by molar-refractivity contribution is 0.0662. The molecule has 28 heavy (non-hydrogen) atoms. The van der Waals surface area contributed by atoms with E-state index < -0.39 is 0 Å². The van der Waals surface area contributed by atoms with Crippen LogP contribution in [0.1, 0.15) is 21.6 Å². The van der Waals surface area contributed by atoms with E-state index in [1.165, 1.54) is 17.1 Å². The second kappa shape index (κ2) is 7.98. The normalized spacial score (nSPS) is 14.3. The van der Waals surface area contributed by atoms with Crippen LogP contribution in [0.4, 0.5) is 4.79 Å². The Morgan fingerprint density at radius 3 is 2.43 bits per heavy atom. The Labute approximate surface area is 167 Å². The summed E-state index contributed by atoms with van der Waals surface area (Å²) >= 11 is 1.35. The van der Waals surface area contributed by atoms with Gasteiger partial charge in [0.05, 0.1) is 4.70 Å². The smallest absolute Gasteiger partial charge is 0.317 e. The minimum atomic E-state index is -0.0909. The molecule has 2 aromatic carbocycles. The molecule has 1 fully saturated rings. The van der Waals surface area contributed by atoms with Crippen LogP contribution in [0.15, 0.2) is 48.5 Å². The van der Waals surface area contributed by atoms with Gasteiger partial charge in [0.25, 0.3) is 5.91 Å². The van der Waals surface area contributed by atoms with Crippen molar-refractivity contribution in [2.24, 2.45) is 0 Å². The highest BCUT2D eigenvalue weighted by molar-refractivity contribution is 7.13. The molecule has 1 N–H and O–H groups in total. The minimum absolute atomic E-state index is 0.0582. The molecule has 0 radical (unpaired) electrons. The second-order valence-electron chi connectivity index (χ2n) is 6.95. The third kappa shape index (κ3) is 3.84. The highest BCUT2D eigenvalue weighted by atomic mass is 32.1. The average Bonchev–Trinajstić information content (AvgIpc) is 3.17. The van der Waals surface area contributed by atoms with E-state index in [2.05, 4.69) is 9.69 Å². The number of amides is 3. The quantitative estimate of drug-likeness (QED) is 0.741. The number of carbonyl (C=O) groups is 2. The molecular formula is C21H22N4O2S. The molecule has 1 aliphatic heterocycles. The fourth-order valence-electron chi connectivity index (χ4n) is 3.30. The number of hydrogen-bond donors (Lipinski definition) is 1. The van der Waals surface area contributed by atoms with Gasteiger partial charge in [0.15, 0.2) is 0 Å². The highest BCUT2D eigenvalue weighted by Gasteiger charge is 2.27. The molecule has 7 heteroatoms. The molecule has 1 aliphatic rings. The molecule has 6 nitrogen and oxygen atoms in total. The first kappa shape index (κ1) is 18.4. The Bertz CT molecular complexity index is 991. The van der Waals surface area contributed by atoms with Crippen molar-refractivity contribution in [2.45, 2.75) is 13.5 Å². The first-order chi connectivity index (χ1) is 13.6. The van der Waals surface area contributed by atoms with Gasteiger partial charge in [-0.3, -0.25) is 4.79 Å². The van der Waals surface area contributed by atoms with Crippen molar-refractivity contribution in [2.75, 3.05) is 26.2 Å². The van der Waals surface area contributed by atoms with Gasteiger partial charge < -0.3 is 15.1 Å². The molecule has 3 aromatic rings. The lowest BCUT2D eigenvalue weighted by atomic mass is 10.1. The van der Waals surface area contributed by atoms with E-state index in [4.69, 9.17) is 0 Å². The molecule has 0 aliphatic carbocycles. The van der Waals surface area contributed by atoms with E-state index in [1.54, 1.807) is 9.80 Å². The van der Waals surface area contributed by atoms with E-state index in [0.29, 0.717) is 38.4 Å². The summed E-state index contributed by atoms with van der Waals surface area (Å²) in [4.78, 5) is 28.8. The zero-order valence-electron chi connectivity index (χ0n) is 15.7. The Kier molecular flexibility index (Phi) is 5.25. The van der Waals surface area contributed by atoms with Crippen LogP contribution in [0, 0.1) is 6.92 Å². The number of nitrogens with zero attached hydrogens (tertiary/aromatic N) is 3. The van der Waals surface area contributed by atoms with E-state index in [-0.39, 0.29) is 11.9 Å². The van der Waals surface area contributed by atoms with Crippen LogP contribution in [0.2, 0.25) is 0 Å². The van der Waals surface area contributed by atoms with E-state index in [9.17, 15) is 9.59 Å². The maximum absolute atomic E-state index is 12.8. The van der Waals surface area contributed by atoms with Crippen molar-refractivity contribution < 1.29 is 9.59 Å². The molecule has 144 valence electrons. The highest BCUT2D eigenvalue weighted by Crippen LogP contribution is 2.23. The number of piperazine rings is 1. The summed E-state index contributed by atoms with van der Waals surface area (Å²) in [5.74, 6) is -0.0582. The average molecular weight is 395 g/mol. The predicted molar refractivity (Wildman–Crippen MR) is 111 cm³/mol. The van der Waals surface area contributed by atoms with Crippen LogP contribution in [0.5, 0.6) is 0 Å². The monoisotopic (exact) mass is 394 g/mol. The summed E-state index contributed by atoms with van der Waals surface area (Å²) in [5, 5.41) is 3.86. The Morgan fingerprint density at radius 2 is 1.68 bits per heavy atom. The largest absolute Gasteiger partial charge is 0.334 e. The minimum Gasteiger partial charge on any atom is -0.334 e. The van der Waals surface area contributed by atoms with Crippen LogP contribution in [0.3, 0.4) is 0 Å². The standard InChI is InChI=1S/C21H22N4O2S/c1-15-6-8-16(9-7-15)14-22-21(27)25-12-10-24(11-13-25)20(26)19-17-4-2-3-5-18(17)28-23-19/h2-9H,10-14H2,1H3,(H,22,27). The molecule has 3 amide bonds. The molecule has 0 saturated carbocycles. The summed E-state index contributed by atoms with van der Waals surface area (Å²) in [6.45, 7) is 4.62. The number of aromatic nitrogens is 1. The van der Waals surface area contributed by atoms with Crippen molar-refractivity contribution >= 4 is 33.6 Å². The molecule has 0 atom stereocenters. The SMILES string of the molecule is Cc1ccc(CNC(=O)N2CCN(C(=O)c3nsc4ccccc34)CC2)cc1. The molecule has 4 rings (SSSR count). The van der Waals surface area contributed by atoms with Gasteiger partial charge in [-0.15, -0.1) is 0 Å². The zero-order chi connectivity index (χ0) is 19.5. The van der Waals surface area contributed by atoms with Gasteiger partial charge in [0.2, 0.25) is 0 Å². The van der Waals surface area contributed by atoms with Crippen LogP contribution in [-0.2, 0) is 6.54 Å². The van der Waals surface area contributed by atoms with Gasteiger partial charge in [-0.1, -0.05) is 48.0 Å². The summed E-state index contributed by atoms with van der Waals surface area (Å²) in [6.07, 6.45) is 0. The molecular weight excluding hydrogens is 372 g/mol. The molecule has 0 unspecified atom stereocenters. The summed E-state index contributed by atoms with van der Waals surface area (Å²) in [5.41, 5.74) is 2.78. The summed E-state index contributed by atoms with van der Waals surface area (Å²) in [7, 11) is 0. The van der Waals surface area contributed by atoms with Crippen LogP contribution >= 0.6 is 11.5 Å². The summed E-state index contributed by atoms with van der Waals surface area (Å²) < 4.78 is 5.37.